The highest BCUT2D eigenvalue weighted by Gasteiger charge is 2.27. The van der Waals surface area contributed by atoms with E-state index < -0.39 is 5.97 Å². The standard InChI is InChI=1S/C16H21NO4/c1-2-10-3-8-14(18)13(9-10)15(19)17-12-6-4-11(5-7-12)16(20)21/h3,8-9,11-12,18H,2,4-7H2,1H3,(H,17,19)(H,20,21). The molecule has 3 N–H and O–H groups in total. The number of aryl methyl sites for hydroxylation is 1. The molecule has 0 bridgehead atoms. The number of hydrogen-bond donors (Lipinski definition) is 3. The molecule has 0 aromatic heterocycles. The molecular formula is C16H21NO4. The van der Waals surface area contributed by atoms with E-state index in [-0.39, 0.29) is 29.2 Å². The van der Waals surface area contributed by atoms with Crippen molar-refractivity contribution in [3.63, 3.8) is 0 Å². The summed E-state index contributed by atoms with van der Waals surface area (Å²) in [4.78, 5) is 23.1. The van der Waals surface area contributed by atoms with Crippen molar-refractivity contribution in [1.29, 1.82) is 0 Å². The Morgan fingerprint density at radius 1 is 1.24 bits per heavy atom. The number of amides is 1. The van der Waals surface area contributed by atoms with Crippen molar-refractivity contribution >= 4 is 11.9 Å². The van der Waals surface area contributed by atoms with Crippen molar-refractivity contribution in [2.75, 3.05) is 0 Å². The van der Waals surface area contributed by atoms with E-state index in [0.29, 0.717) is 25.7 Å². The summed E-state index contributed by atoms with van der Waals surface area (Å²) in [6.07, 6.45) is 3.29. The molecule has 5 nitrogen and oxygen atoms in total. The highest BCUT2D eigenvalue weighted by Crippen LogP contribution is 2.25. The molecule has 1 aromatic rings. The lowest BCUT2D eigenvalue weighted by Gasteiger charge is -2.27. The monoisotopic (exact) mass is 291 g/mol. The normalized spacial score (nSPS) is 21.8. The fourth-order valence-corrected chi connectivity index (χ4v) is 2.73. The van der Waals surface area contributed by atoms with Crippen LogP contribution in [0, 0.1) is 5.92 Å². The van der Waals surface area contributed by atoms with Crippen LogP contribution < -0.4 is 5.32 Å². The summed E-state index contributed by atoms with van der Waals surface area (Å²) in [6, 6.07) is 5.02. The number of rotatable bonds is 4. The highest BCUT2D eigenvalue weighted by molar-refractivity contribution is 5.97. The molecule has 1 fully saturated rings. The number of hydrogen-bond acceptors (Lipinski definition) is 3. The Balaban J connectivity index is 1.98. The average Bonchev–Trinajstić information content (AvgIpc) is 2.48. The van der Waals surface area contributed by atoms with E-state index in [1.165, 1.54) is 6.07 Å². The van der Waals surface area contributed by atoms with E-state index in [2.05, 4.69) is 5.32 Å². The first kappa shape index (κ1) is 15.4. The van der Waals surface area contributed by atoms with Gasteiger partial charge in [0.15, 0.2) is 0 Å². The Bertz CT molecular complexity index is 533. The number of phenolic OH excluding ortho intramolecular Hbond substituents is 1. The average molecular weight is 291 g/mol. The van der Waals surface area contributed by atoms with Gasteiger partial charge in [-0.1, -0.05) is 13.0 Å². The minimum Gasteiger partial charge on any atom is -0.507 e. The molecule has 1 saturated carbocycles. The van der Waals surface area contributed by atoms with Gasteiger partial charge >= 0.3 is 5.97 Å². The van der Waals surface area contributed by atoms with Crippen LogP contribution in [0.5, 0.6) is 5.75 Å². The van der Waals surface area contributed by atoms with Crippen molar-refractivity contribution in [3.8, 4) is 5.75 Å². The van der Waals surface area contributed by atoms with Crippen LogP contribution in [0.25, 0.3) is 0 Å². The minimum atomic E-state index is -0.756. The molecule has 1 aliphatic rings. The lowest BCUT2D eigenvalue weighted by Crippen LogP contribution is -2.38. The fourth-order valence-electron chi connectivity index (χ4n) is 2.73. The number of carboxylic acids is 1. The summed E-state index contributed by atoms with van der Waals surface area (Å²) in [5.74, 6) is -1.37. The first-order chi connectivity index (χ1) is 10.0. The molecule has 1 aromatic carbocycles. The number of carbonyl (C=O) groups excluding carboxylic acids is 1. The van der Waals surface area contributed by atoms with Crippen molar-refractivity contribution in [1.82, 2.24) is 5.32 Å². The van der Waals surface area contributed by atoms with Crippen LogP contribution >= 0.6 is 0 Å². The molecule has 0 radical (unpaired) electrons. The molecule has 0 aliphatic heterocycles. The van der Waals surface area contributed by atoms with Gasteiger partial charge in [-0.2, -0.15) is 0 Å². The molecule has 0 unspecified atom stereocenters. The number of carbonyl (C=O) groups is 2. The van der Waals surface area contributed by atoms with Gasteiger partial charge in [0.1, 0.15) is 5.75 Å². The first-order valence-electron chi connectivity index (χ1n) is 7.36. The zero-order chi connectivity index (χ0) is 15.4. The van der Waals surface area contributed by atoms with Gasteiger partial charge in [-0.25, -0.2) is 0 Å². The lowest BCUT2D eigenvalue weighted by atomic mass is 9.86. The summed E-state index contributed by atoms with van der Waals surface area (Å²) < 4.78 is 0. The molecule has 1 aliphatic carbocycles. The molecule has 1 amide bonds. The van der Waals surface area contributed by atoms with Crippen LogP contribution in [-0.4, -0.2) is 28.1 Å². The van der Waals surface area contributed by atoms with Crippen LogP contribution in [0.3, 0.4) is 0 Å². The predicted molar refractivity (Wildman–Crippen MR) is 78.3 cm³/mol. The maximum absolute atomic E-state index is 12.2. The second-order valence-electron chi connectivity index (χ2n) is 5.57. The van der Waals surface area contributed by atoms with Gasteiger partial charge in [0.05, 0.1) is 11.5 Å². The van der Waals surface area contributed by atoms with E-state index in [1.807, 2.05) is 6.92 Å². The van der Waals surface area contributed by atoms with Crippen LogP contribution in [0.2, 0.25) is 0 Å². The Hall–Kier alpha value is -2.04. The lowest BCUT2D eigenvalue weighted by molar-refractivity contribution is -0.142. The van der Waals surface area contributed by atoms with E-state index in [4.69, 9.17) is 5.11 Å². The second-order valence-corrected chi connectivity index (χ2v) is 5.57. The molecule has 5 heteroatoms. The molecule has 0 atom stereocenters. The zero-order valence-electron chi connectivity index (χ0n) is 12.1. The largest absolute Gasteiger partial charge is 0.507 e. The van der Waals surface area contributed by atoms with Gasteiger partial charge in [0.2, 0.25) is 0 Å². The molecule has 2 rings (SSSR count). The van der Waals surface area contributed by atoms with Gasteiger partial charge in [0, 0.05) is 6.04 Å². The molecule has 0 saturated heterocycles. The Kier molecular flexibility index (Phi) is 4.83. The Morgan fingerprint density at radius 2 is 1.90 bits per heavy atom. The number of aromatic hydroxyl groups is 1. The summed E-state index contributed by atoms with van der Waals surface area (Å²) >= 11 is 0. The fraction of sp³-hybridized carbons (Fsp3) is 0.500. The zero-order valence-corrected chi connectivity index (χ0v) is 12.1. The van der Waals surface area contributed by atoms with Crippen molar-refractivity contribution in [2.45, 2.75) is 45.1 Å². The molecular weight excluding hydrogens is 270 g/mol. The molecule has 21 heavy (non-hydrogen) atoms. The molecule has 114 valence electrons. The van der Waals surface area contributed by atoms with Gasteiger partial charge in [-0.3, -0.25) is 9.59 Å². The summed E-state index contributed by atoms with van der Waals surface area (Å²) in [5, 5.41) is 21.7. The summed E-state index contributed by atoms with van der Waals surface area (Å²) in [5.41, 5.74) is 1.28. The number of aliphatic carboxylic acids is 1. The highest BCUT2D eigenvalue weighted by atomic mass is 16.4. The van der Waals surface area contributed by atoms with Crippen LogP contribution in [0.1, 0.15) is 48.5 Å². The van der Waals surface area contributed by atoms with Crippen molar-refractivity contribution in [2.24, 2.45) is 5.92 Å². The van der Waals surface area contributed by atoms with Crippen molar-refractivity contribution in [3.05, 3.63) is 29.3 Å². The third kappa shape index (κ3) is 3.74. The van der Waals surface area contributed by atoms with E-state index >= 15 is 0 Å². The van der Waals surface area contributed by atoms with Gasteiger partial charge in [0.25, 0.3) is 5.91 Å². The van der Waals surface area contributed by atoms with Crippen LogP contribution in [-0.2, 0) is 11.2 Å². The van der Waals surface area contributed by atoms with Gasteiger partial charge < -0.3 is 15.5 Å². The Morgan fingerprint density at radius 3 is 2.48 bits per heavy atom. The quantitative estimate of drug-likeness (QED) is 0.794. The predicted octanol–water partition coefficient (Wildman–Crippen LogP) is 2.33. The van der Waals surface area contributed by atoms with E-state index in [9.17, 15) is 14.7 Å². The topological polar surface area (TPSA) is 86.6 Å². The summed E-state index contributed by atoms with van der Waals surface area (Å²) in [7, 11) is 0. The van der Waals surface area contributed by atoms with Crippen LogP contribution in [0.15, 0.2) is 18.2 Å². The number of phenols is 1. The van der Waals surface area contributed by atoms with Gasteiger partial charge in [-0.15, -0.1) is 0 Å². The Labute approximate surface area is 124 Å². The van der Waals surface area contributed by atoms with E-state index in [1.54, 1.807) is 12.1 Å². The molecule has 0 heterocycles. The maximum Gasteiger partial charge on any atom is 0.306 e. The third-order valence-corrected chi connectivity index (χ3v) is 4.13. The number of nitrogens with one attached hydrogen (secondary N) is 1. The van der Waals surface area contributed by atoms with Crippen molar-refractivity contribution < 1.29 is 19.8 Å². The van der Waals surface area contributed by atoms with Gasteiger partial charge in [-0.05, 0) is 49.8 Å². The molecule has 0 spiro atoms. The minimum absolute atomic E-state index is 0.0159. The van der Waals surface area contributed by atoms with Crippen LogP contribution in [0.4, 0.5) is 0 Å². The first-order valence-corrected chi connectivity index (χ1v) is 7.36. The second kappa shape index (κ2) is 6.61. The SMILES string of the molecule is CCc1ccc(O)c(C(=O)NC2CCC(C(=O)O)CC2)c1. The smallest absolute Gasteiger partial charge is 0.306 e. The third-order valence-electron chi connectivity index (χ3n) is 4.13. The number of carboxylic acid groups (broad SMARTS) is 1. The summed E-state index contributed by atoms with van der Waals surface area (Å²) in [6.45, 7) is 1.99. The maximum atomic E-state index is 12.2. The van der Waals surface area contributed by atoms with E-state index in [0.717, 1.165) is 12.0 Å². The number of benzene rings is 1.